The van der Waals surface area contributed by atoms with Gasteiger partial charge in [-0.3, -0.25) is 15.2 Å². The number of rotatable bonds is 7. The molecule has 3 rings (SSSR count). The van der Waals surface area contributed by atoms with Crippen molar-refractivity contribution in [1.82, 2.24) is 19.4 Å². The van der Waals surface area contributed by atoms with Crippen molar-refractivity contribution in [3.63, 3.8) is 0 Å². The highest BCUT2D eigenvalue weighted by atomic mass is 32.2. The zero-order valence-electron chi connectivity index (χ0n) is 17.3. The van der Waals surface area contributed by atoms with Gasteiger partial charge in [-0.25, -0.2) is 13.2 Å². The molecule has 0 unspecified atom stereocenters. The van der Waals surface area contributed by atoms with E-state index in [0.29, 0.717) is 37.6 Å². The molecule has 0 spiro atoms. The number of nitrogens with one attached hydrogen (secondary N) is 2. The standard InChI is InChI=1S/C18H25N7O5S/c1-3-24(4-2)31(29,30)15-5-6-16(17(11-15)25(27)28)22-7-9-23(10-8-22)18(26)21-14-12-19-20-13-14/h5-6,11-13H,3-4,7-10H2,1-2H3,(H,19,20)(H,21,26). The molecule has 31 heavy (non-hydrogen) atoms. The number of anilines is 2. The van der Waals surface area contributed by atoms with Crippen molar-refractivity contribution in [1.29, 1.82) is 0 Å². The van der Waals surface area contributed by atoms with Crippen LogP contribution in [0.2, 0.25) is 0 Å². The molecule has 2 heterocycles. The van der Waals surface area contributed by atoms with Crippen molar-refractivity contribution in [3.05, 3.63) is 40.7 Å². The number of carbonyl (C=O) groups is 1. The molecule has 12 nitrogen and oxygen atoms in total. The van der Waals surface area contributed by atoms with Crippen LogP contribution in [0.3, 0.4) is 0 Å². The second-order valence-electron chi connectivity index (χ2n) is 6.89. The number of H-pyrrole nitrogens is 1. The largest absolute Gasteiger partial charge is 0.362 e. The SMILES string of the molecule is CCN(CC)S(=O)(=O)c1ccc(N2CCN(C(=O)Nc3cn[nH]c3)CC2)c([N+](=O)[O-])c1. The number of nitro groups is 1. The molecule has 0 saturated carbocycles. The first-order valence-corrected chi connectivity index (χ1v) is 11.3. The van der Waals surface area contributed by atoms with Gasteiger partial charge < -0.3 is 15.1 Å². The second-order valence-corrected chi connectivity index (χ2v) is 8.83. The zero-order chi connectivity index (χ0) is 22.6. The number of piperazine rings is 1. The van der Waals surface area contributed by atoms with Gasteiger partial charge in [0.05, 0.1) is 21.7 Å². The minimum Gasteiger partial charge on any atom is -0.362 e. The number of carbonyl (C=O) groups excluding carboxylic acids is 1. The molecule has 1 aromatic carbocycles. The van der Waals surface area contributed by atoms with Crippen LogP contribution in [0.1, 0.15) is 13.8 Å². The number of urea groups is 1. The van der Waals surface area contributed by atoms with Crippen LogP contribution in [0, 0.1) is 10.1 Å². The summed E-state index contributed by atoms with van der Waals surface area (Å²) in [4.78, 5) is 26.7. The Labute approximate surface area is 180 Å². The summed E-state index contributed by atoms with van der Waals surface area (Å²) in [5.74, 6) is 0. The summed E-state index contributed by atoms with van der Waals surface area (Å²) >= 11 is 0. The molecule has 1 saturated heterocycles. The van der Waals surface area contributed by atoms with Crippen molar-refractivity contribution in [2.75, 3.05) is 49.5 Å². The molecule has 1 aromatic heterocycles. The van der Waals surface area contributed by atoms with E-state index in [-0.39, 0.29) is 29.7 Å². The van der Waals surface area contributed by atoms with E-state index in [2.05, 4.69) is 15.5 Å². The van der Waals surface area contributed by atoms with Crippen LogP contribution in [0.15, 0.2) is 35.5 Å². The van der Waals surface area contributed by atoms with Gasteiger partial charge in [-0.05, 0) is 12.1 Å². The molecule has 13 heteroatoms. The topological polar surface area (TPSA) is 145 Å². The summed E-state index contributed by atoms with van der Waals surface area (Å²) in [5, 5.41) is 20.8. The van der Waals surface area contributed by atoms with E-state index in [0.717, 1.165) is 6.07 Å². The number of hydrogen-bond acceptors (Lipinski definition) is 7. The lowest BCUT2D eigenvalue weighted by atomic mass is 10.2. The number of hydrogen-bond donors (Lipinski definition) is 2. The van der Waals surface area contributed by atoms with E-state index in [1.165, 1.54) is 22.6 Å². The third-order valence-corrected chi connectivity index (χ3v) is 7.19. The van der Waals surface area contributed by atoms with E-state index in [1.807, 2.05) is 0 Å². The molecule has 1 aliphatic heterocycles. The van der Waals surface area contributed by atoms with E-state index in [4.69, 9.17) is 0 Å². The summed E-state index contributed by atoms with van der Waals surface area (Å²) in [5.41, 5.74) is 0.607. The Bertz CT molecular complexity index is 1030. The van der Waals surface area contributed by atoms with E-state index in [9.17, 15) is 23.3 Å². The Kier molecular flexibility index (Phi) is 6.75. The lowest BCUT2D eigenvalue weighted by Gasteiger charge is -2.35. The van der Waals surface area contributed by atoms with Crippen molar-refractivity contribution in [2.24, 2.45) is 0 Å². The van der Waals surface area contributed by atoms with Crippen LogP contribution in [-0.4, -0.2) is 78.0 Å². The average Bonchev–Trinajstić information content (AvgIpc) is 3.27. The van der Waals surface area contributed by atoms with Crippen molar-refractivity contribution < 1.29 is 18.1 Å². The number of benzene rings is 1. The van der Waals surface area contributed by atoms with E-state index < -0.39 is 14.9 Å². The fourth-order valence-corrected chi connectivity index (χ4v) is 4.94. The first-order chi connectivity index (χ1) is 14.8. The number of sulfonamides is 1. The summed E-state index contributed by atoms with van der Waals surface area (Å²) in [7, 11) is -3.81. The lowest BCUT2D eigenvalue weighted by Crippen LogP contribution is -2.50. The molecule has 2 aromatic rings. The third kappa shape index (κ3) is 4.77. The summed E-state index contributed by atoms with van der Waals surface area (Å²) in [6, 6.07) is 3.70. The molecule has 0 radical (unpaired) electrons. The molecule has 2 amide bonds. The minimum atomic E-state index is -3.81. The van der Waals surface area contributed by atoms with Crippen LogP contribution in [0.4, 0.5) is 21.9 Å². The highest BCUT2D eigenvalue weighted by molar-refractivity contribution is 7.89. The van der Waals surface area contributed by atoms with Crippen LogP contribution >= 0.6 is 0 Å². The van der Waals surface area contributed by atoms with Gasteiger partial charge in [0, 0.05) is 51.5 Å². The summed E-state index contributed by atoms with van der Waals surface area (Å²) in [6.45, 7) is 5.46. The van der Waals surface area contributed by atoms with E-state index >= 15 is 0 Å². The van der Waals surface area contributed by atoms with E-state index in [1.54, 1.807) is 29.8 Å². The number of aromatic nitrogens is 2. The molecule has 1 fully saturated rings. The van der Waals surface area contributed by atoms with Crippen LogP contribution in [0.25, 0.3) is 0 Å². The Morgan fingerprint density at radius 3 is 2.48 bits per heavy atom. The quantitative estimate of drug-likeness (QED) is 0.481. The number of aromatic amines is 1. The number of amides is 2. The van der Waals surface area contributed by atoms with Crippen molar-refractivity contribution >= 4 is 33.1 Å². The summed E-state index contributed by atoms with van der Waals surface area (Å²) < 4.78 is 26.7. The van der Waals surface area contributed by atoms with Crippen LogP contribution in [-0.2, 0) is 10.0 Å². The molecule has 0 atom stereocenters. The first-order valence-electron chi connectivity index (χ1n) is 9.86. The monoisotopic (exact) mass is 451 g/mol. The fourth-order valence-electron chi connectivity index (χ4n) is 3.46. The molecule has 2 N–H and O–H groups in total. The smallest absolute Gasteiger partial charge is 0.322 e. The van der Waals surface area contributed by atoms with Gasteiger partial charge in [0.1, 0.15) is 5.69 Å². The first kappa shape index (κ1) is 22.5. The Hall–Kier alpha value is -3.19. The third-order valence-electron chi connectivity index (χ3n) is 5.14. The Morgan fingerprint density at radius 2 is 1.94 bits per heavy atom. The number of nitrogens with zero attached hydrogens (tertiary/aromatic N) is 5. The maximum absolute atomic E-state index is 12.7. The maximum Gasteiger partial charge on any atom is 0.322 e. The van der Waals surface area contributed by atoms with Gasteiger partial charge in [-0.1, -0.05) is 13.8 Å². The van der Waals surface area contributed by atoms with Gasteiger partial charge in [0.2, 0.25) is 10.0 Å². The molecule has 1 aliphatic rings. The molecular weight excluding hydrogens is 426 g/mol. The predicted octanol–water partition coefficient (Wildman–Crippen LogP) is 1.70. The lowest BCUT2D eigenvalue weighted by molar-refractivity contribution is -0.384. The normalized spacial score (nSPS) is 14.7. The Morgan fingerprint density at radius 1 is 1.26 bits per heavy atom. The Balaban J connectivity index is 1.76. The zero-order valence-corrected chi connectivity index (χ0v) is 18.1. The van der Waals surface area contributed by atoms with Crippen molar-refractivity contribution in [2.45, 2.75) is 18.7 Å². The van der Waals surface area contributed by atoms with Crippen LogP contribution < -0.4 is 10.2 Å². The van der Waals surface area contributed by atoms with Gasteiger partial charge >= 0.3 is 6.03 Å². The number of nitro benzene ring substituents is 1. The van der Waals surface area contributed by atoms with Gasteiger partial charge in [-0.2, -0.15) is 9.40 Å². The van der Waals surface area contributed by atoms with Crippen molar-refractivity contribution in [3.8, 4) is 0 Å². The van der Waals surface area contributed by atoms with Crippen LogP contribution in [0.5, 0.6) is 0 Å². The van der Waals surface area contributed by atoms with Gasteiger partial charge in [-0.15, -0.1) is 0 Å². The minimum absolute atomic E-state index is 0.107. The maximum atomic E-state index is 12.7. The molecular formula is C18H25N7O5S. The summed E-state index contributed by atoms with van der Waals surface area (Å²) in [6.07, 6.45) is 3.05. The fraction of sp³-hybridized carbons (Fsp3) is 0.444. The highest BCUT2D eigenvalue weighted by Crippen LogP contribution is 2.32. The molecule has 168 valence electrons. The highest BCUT2D eigenvalue weighted by Gasteiger charge is 2.29. The molecule has 0 bridgehead atoms. The van der Waals surface area contributed by atoms with Gasteiger partial charge in [0.15, 0.2) is 0 Å². The molecule has 0 aliphatic carbocycles. The average molecular weight is 452 g/mol. The second kappa shape index (κ2) is 9.31. The van der Waals surface area contributed by atoms with Gasteiger partial charge in [0.25, 0.3) is 5.69 Å². The predicted molar refractivity (Wildman–Crippen MR) is 115 cm³/mol.